The van der Waals surface area contributed by atoms with E-state index in [0.29, 0.717) is 19.5 Å². The molecule has 1 amide bonds. The maximum atomic E-state index is 13.3. The highest BCUT2D eigenvalue weighted by Gasteiger charge is 2.35. The number of hydrogen-bond acceptors (Lipinski definition) is 3. The van der Waals surface area contributed by atoms with Crippen LogP contribution in [-0.2, 0) is 9.63 Å². The summed E-state index contributed by atoms with van der Waals surface area (Å²) in [6.07, 6.45) is 4.07. The average Bonchev–Trinajstić information content (AvgIpc) is 3.25. The molecule has 0 bridgehead atoms. The van der Waals surface area contributed by atoms with Crippen LogP contribution in [0, 0.1) is 11.7 Å². The van der Waals surface area contributed by atoms with Gasteiger partial charge >= 0.3 is 0 Å². The molecule has 0 unspecified atom stereocenters. The summed E-state index contributed by atoms with van der Waals surface area (Å²) in [6, 6.07) is 6.31. The zero-order chi connectivity index (χ0) is 15.5. The molecule has 1 heterocycles. The molecule has 1 atom stereocenters. The van der Waals surface area contributed by atoms with E-state index in [1.165, 1.54) is 12.1 Å². The minimum atomic E-state index is -0.291. The van der Waals surface area contributed by atoms with E-state index in [4.69, 9.17) is 4.84 Å². The summed E-state index contributed by atoms with van der Waals surface area (Å²) in [5.74, 6) is 0.0495. The summed E-state index contributed by atoms with van der Waals surface area (Å²) in [7, 11) is 0. The van der Waals surface area contributed by atoms with E-state index in [9.17, 15) is 9.18 Å². The molecule has 0 aromatic heterocycles. The first-order valence-electron chi connectivity index (χ1n) is 7.55. The van der Waals surface area contributed by atoms with Crippen LogP contribution in [0.3, 0.4) is 0 Å². The van der Waals surface area contributed by atoms with Gasteiger partial charge in [-0.05, 0) is 25.0 Å². The van der Waals surface area contributed by atoms with Crippen LogP contribution in [0.4, 0.5) is 4.39 Å². The second-order valence-corrected chi connectivity index (χ2v) is 5.79. The van der Waals surface area contributed by atoms with Crippen molar-refractivity contribution in [3.8, 4) is 0 Å². The molecule has 1 aliphatic heterocycles. The van der Waals surface area contributed by atoms with Gasteiger partial charge in [0.2, 0.25) is 5.91 Å². The fourth-order valence-electron chi connectivity index (χ4n) is 2.61. The van der Waals surface area contributed by atoms with Gasteiger partial charge in [0, 0.05) is 24.4 Å². The predicted octanol–water partition coefficient (Wildman–Crippen LogP) is 2.74. The summed E-state index contributed by atoms with van der Waals surface area (Å²) >= 11 is 0. The quantitative estimate of drug-likeness (QED) is 0.758. The molecule has 1 aromatic carbocycles. The molecule has 3 rings (SSSR count). The number of nitrogens with zero attached hydrogens (tertiary/aromatic N) is 2. The Hall–Kier alpha value is -2.17. The highest BCUT2D eigenvalue weighted by molar-refractivity contribution is 6.01. The van der Waals surface area contributed by atoms with Crippen LogP contribution in [0.15, 0.2) is 42.1 Å². The van der Waals surface area contributed by atoms with Gasteiger partial charge in [0.15, 0.2) is 6.10 Å². The minimum Gasteiger partial charge on any atom is -0.390 e. The number of carbonyl (C=O) groups excluding carboxylic acids is 1. The van der Waals surface area contributed by atoms with Gasteiger partial charge in [-0.2, -0.15) is 0 Å². The molecule has 1 saturated carbocycles. The topological polar surface area (TPSA) is 41.9 Å². The van der Waals surface area contributed by atoms with Gasteiger partial charge in [-0.15, -0.1) is 6.58 Å². The molecular weight excluding hydrogens is 283 g/mol. The summed E-state index contributed by atoms with van der Waals surface area (Å²) in [4.78, 5) is 19.4. The first kappa shape index (κ1) is 14.8. The lowest BCUT2D eigenvalue weighted by atomic mass is 10.0. The number of rotatable bonds is 6. The van der Waals surface area contributed by atoms with Gasteiger partial charge in [0.05, 0.1) is 12.3 Å². The third-order valence-corrected chi connectivity index (χ3v) is 3.90. The average molecular weight is 302 g/mol. The summed E-state index contributed by atoms with van der Waals surface area (Å²) in [6.45, 7) is 4.71. The third kappa shape index (κ3) is 3.35. The van der Waals surface area contributed by atoms with Gasteiger partial charge in [-0.1, -0.05) is 23.4 Å². The van der Waals surface area contributed by atoms with Gasteiger partial charge in [-0.25, -0.2) is 4.39 Å². The van der Waals surface area contributed by atoms with Gasteiger partial charge < -0.3 is 9.74 Å². The highest BCUT2D eigenvalue weighted by Crippen LogP contribution is 2.31. The lowest BCUT2D eigenvalue weighted by molar-refractivity contribution is -0.133. The van der Waals surface area contributed by atoms with Gasteiger partial charge in [0.25, 0.3) is 0 Å². The maximum absolute atomic E-state index is 13.3. The van der Waals surface area contributed by atoms with E-state index in [2.05, 4.69) is 11.7 Å². The first-order chi connectivity index (χ1) is 10.7. The van der Waals surface area contributed by atoms with Crippen LogP contribution in [0.1, 0.15) is 24.8 Å². The molecule has 4 nitrogen and oxygen atoms in total. The largest absolute Gasteiger partial charge is 0.390 e. The second kappa shape index (κ2) is 6.30. The smallest absolute Gasteiger partial charge is 0.226 e. The van der Waals surface area contributed by atoms with Crippen molar-refractivity contribution < 1.29 is 14.0 Å². The van der Waals surface area contributed by atoms with Crippen molar-refractivity contribution in [2.24, 2.45) is 11.1 Å². The first-order valence-corrected chi connectivity index (χ1v) is 7.55. The Morgan fingerprint density at radius 2 is 2.32 bits per heavy atom. The van der Waals surface area contributed by atoms with E-state index >= 15 is 0 Å². The fraction of sp³-hybridized carbons (Fsp3) is 0.412. The second-order valence-electron chi connectivity index (χ2n) is 5.79. The Labute approximate surface area is 129 Å². The number of benzene rings is 1. The monoisotopic (exact) mass is 302 g/mol. The highest BCUT2D eigenvalue weighted by atomic mass is 19.1. The molecule has 1 aliphatic carbocycles. The van der Waals surface area contributed by atoms with Gasteiger partial charge in [0.1, 0.15) is 5.82 Å². The lowest BCUT2D eigenvalue weighted by Crippen LogP contribution is -2.38. The Bertz CT molecular complexity index is 610. The van der Waals surface area contributed by atoms with Crippen LogP contribution in [0.5, 0.6) is 0 Å². The minimum absolute atomic E-state index is 0.169. The van der Waals surface area contributed by atoms with Crippen LogP contribution >= 0.6 is 0 Å². The molecule has 2 aliphatic rings. The molecule has 0 radical (unpaired) electrons. The maximum Gasteiger partial charge on any atom is 0.226 e. The molecule has 22 heavy (non-hydrogen) atoms. The Morgan fingerprint density at radius 1 is 1.50 bits per heavy atom. The van der Waals surface area contributed by atoms with Crippen molar-refractivity contribution >= 4 is 11.6 Å². The molecule has 0 spiro atoms. The number of oxime groups is 1. The van der Waals surface area contributed by atoms with Crippen molar-refractivity contribution in [3.05, 3.63) is 48.3 Å². The van der Waals surface area contributed by atoms with E-state index in [-0.39, 0.29) is 23.7 Å². The van der Waals surface area contributed by atoms with Crippen LogP contribution in [0.25, 0.3) is 0 Å². The van der Waals surface area contributed by atoms with Crippen LogP contribution in [-0.4, -0.2) is 35.7 Å². The zero-order valence-electron chi connectivity index (χ0n) is 12.4. The van der Waals surface area contributed by atoms with Crippen molar-refractivity contribution in [2.75, 3.05) is 13.1 Å². The molecule has 1 fully saturated rings. The van der Waals surface area contributed by atoms with Gasteiger partial charge in [-0.3, -0.25) is 4.79 Å². The summed E-state index contributed by atoms with van der Waals surface area (Å²) in [5.41, 5.74) is 1.45. The molecular formula is C17H19FN2O2. The zero-order valence-corrected chi connectivity index (χ0v) is 12.4. The SMILES string of the molecule is C=CCN(C[C@H]1CC(c2cccc(F)c2)=NO1)C(=O)C1CC1. The molecule has 0 saturated heterocycles. The van der Waals surface area contributed by atoms with Crippen molar-refractivity contribution in [2.45, 2.75) is 25.4 Å². The van der Waals surface area contributed by atoms with Crippen LogP contribution in [0.2, 0.25) is 0 Å². The molecule has 5 heteroatoms. The third-order valence-electron chi connectivity index (χ3n) is 3.90. The molecule has 0 N–H and O–H groups in total. The van der Waals surface area contributed by atoms with Crippen molar-refractivity contribution in [1.29, 1.82) is 0 Å². The number of carbonyl (C=O) groups is 1. The van der Waals surface area contributed by atoms with Crippen LogP contribution < -0.4 is 0 Å². The molecule has 1 aromatic rings. The van der Waals surface area contributed by atoms with Crippen molar-refractivity contribution in [3.63, 3.8) is 0 Å². The van der Waals surface area contributed by atoms with E-state index < -0.39 is 0 Å². The predicted molar refractivity (Wildman–Crippen MR) is 81.9 cm³/mol. The summed E-state index contributed by atoms with van der Waals surface area (Å²) < 4.78 is 13.3. The number of amides is 1. The fourth-order valence-corrected chi connectivity index (χ4v) is 2.61. The normalized spacial score (nSPS) is 20.2. The lowest BCUT2D eigenvalue weighted by Gasteiger charge is -2.23. The summed E-state index contributed by atoms with van der Waals surface area (Å²) in [5, 5.41) is 4.05. The Kier molecular flexibility index (Phi) is 4.22. The number of hydrogen-bond donors (Lipinski definition) is 0. The van der Waals surface area contributed by atoms with E-state index in [1.54, 1.807) is 17.0 Å². The number of halogens is 1. The Morgan fingerprint density at radius 3 is 3.00 bits per heavy atom. The Balaban J connectivity index is 1.60. The van der Waals surface area contributed by atoms with E-state index in [0.717, 1.165) is 24.1 Å². The van der Waals surface area contributed by atoms with Crippen molar-refractivity contribution in [1.82, 2.24) is 4.90 Å². The van der Waals surface area contributed by atoms with E-state index in [1.807, 2.05) is 6.07 Å². The standard InChI is InChI=1S/C17H19FN2O2/c1-2-8-20(17(21)12-6-7-12)11-15-10-16(19-22-15)13-4-3-5-14(18)9-13/h2-5,9,12,15H,1,6-8,10-11H2/t15-/m1/s1. The molecule has 116 valence electrons.